The number of nitrogens with zero attached hydrogens (tertiary/aromatic N) is 3. The Labute approximate surface area is 110 Å². The molecule has 1 atom stereocenters. The number of ether oxygens (including phenoxy) is 1. The van der Waals surface area contributed by atoms with Gasteiger partial charge in [0.1, 0.15) is 18.7 Å². The summed E-state index contributed by atoms with van der Waals surface area (Å²) in [5.74, 6) is -0.397. The smallest absolute Gasteiger partial charge is 0.307 e. The zero-order valence-corrected chi connectivity index (χ0v) is 10.7. The zero-order valence-electron chi connectivity index (χ0n) is 10.7. The molecule has 8 heteroatoms. The highest BCUT2D eigenvalue weighted by molar-refractivity contribution is 5.70. The molecule has 0 fully saturated rings. The van der Waals surface area contributed by atoms with Gasteiger partial charge in [-0.25, -0.2) is 9.07 Å². The second-order valence-corrected chi connectivity index (χ2v) is 3.73. The summed E-state index contributed by atoms with van der Waals surface area (Å²) in [6.45, 7) is 1.64. The number of alkyl halides is 1. The molecule has 1 aromatic heterocycles. The molecule has 0 radical (unpaired) electrons. The predicted octanol–water partition coefficient (Wildman–Crippen LogP) is 0.0304. The number of carbonyl (C=O) groups is 2. The minimum atomic E-state index is -0.549. The Hall–Kier alpha value is -1.83. The summed E-state index contributed by atoms with van der Waals surface area (Å²) in [4.78, 5) is 21.8. The van der Waals surface area contributed by atoms with Gasteiger partial charge in [-0.05, 0) is 6.92 Å². The van der Waals surface area contributed by atoms with Crippen LogP contribution in [0.2, 0.25) is 0 Å². The van der Waals surface area contributed by atoms with E-state index in [9.17, 15) is 14.0 Å². The van der Waals surface area contributed by atoms with Gasteiger partial charge in [0, 0.05) is 0 Å². The molecule has 0 amide bonds. The van der Waals surface area contributed by atoms with Crippen LogP contribution < -0.4 is 5.32 Å². The number of esters is 1. The number of hydrogen-bond acceptors (Lipinski definition) is 6. The molecule has 1 rings (SSSR count). The van der Waals surface area contributed by atoms with Crippen LogP contribution in [0, 0.1) is 0 Å². The van der Waals surface area contributed by atoms with Crippen LogP contribution in [0.1, 0.15) is 25.1 Å². The molecule has 1 aromatic rings. The van der Waals surface area contributed by atoms with Crippen LogP contribution >= 0.6 is 0 Å². The van der Waals surface area contributed by atoms with Crippen LogP contribution in [-0.2, 0) is 20.9 Å². The van der Waals surface area contributed by atoms with E-state index in [0.717, 1.165) is 0 Å². The van der Waals surface area contributed by atoms with Gasteiger partial charge in [0.05, 0.1) is 38.4 Å². The summed E-state index contributed by atoms with van der Waals surface area (Å²) in [7, 11) is 0. The van der Waals surface area contributed by atoms with E-state index in [1.807, 2.05) is 0 Å². The number of nitrogens with one attached hydrogen (secondary N) is 1. The van der Waals surface area contributed by atoms with Crippen molar-refractivity contribution in [2.45, 2.75) is 25.9 Å². The minimum Gasteiger partial charge on any atom is -0.466 e. The number of aromatic nitrogens is 3. The Morgan fingerprint density at radius 3 is 3.11 bits per heavy atom. The highest BCUT2D eigenvalue weighted by Gasteiger charge is 2.19. The normalized spacial score (nSPS) is 12.1. The SMILES string of the molecule is CCOC(=O)CC(NCC=O)c1cn(CCF)nn1. The molecule has 0 aromatic carbocycles. The van der Waals surface area contributed by atoms with Crippen LogP contribution in [0.4, 0.5) is 4.39 Å². The number of rotatable bonds is 9. The monoisotopic (exact) mass is 272 g/mol. The van der Waals surface area contributed by atoms with Gasteiger partial charge in [0.2, 0.25) is 0 Å². The third-order valence-corrected chi connectivity index (χ3v) is 2.35. The van der Waals surface area contributed by atoms with Crippen molar-refractivity contribution in [3.63, 3.8) is 0 Å². The Kier molecular flexibility index (Phi) is 6.65. The summed E-state index contributed by atoms with van der Waals surface area (Å²) in [6.07, 6.45) is 2.27. The molecule has 1 unspecified atom stereocenters. The van der Waals surface area contributed by atoms with Crippen LogP contribution in [0.25, 0.3) is 0 Å². The van der Waals surface area contributed by atoms with Crippen LogP contribution in [0.5, 0.6) is 0 Å². The fourth-order valence-corrected chi connectivity index (χ4v) is 1.53. The lowest BCUT2D eigenvalue weighted by Gasteiger charge is -2.13. The zero-order chi connectivity index (χ0) is 14.1. The first kappa shape index (κ1) is 15.2. The van der Waals surface area contributed by atoms with Gasteiger partial charge in [-0.3, -0.25) is 4.79 Å². The first-order valence-electron chi connectivity index (χ1n) is 5.99. The lowest BCUT2D eigenvalue weighted by atomic mass is 10.1. The average Bonchev–Trinajstić information content (AvgIpc) is 2.84. The largest absolute Gasteiger partial charge is 0.466 e. The van der Waals surface area contributed by atoms with Crippen molar-refractivity contribution in [1.29, 1.82) is 0 Å². The molecule has 106 valence electrons. The molecule has 0 saturated heterocycles. The molecular formula is C11H17FN4O3. The van der Waals surface area contributed by atoms with Crippen molar-refractivity contribution in [2.75, 3.05) is 19.8 Å². The van der Waals surface area contributed by atoms with Crippen molar-refractivity contribution in [3.8, 4) is 0 Å². The molecule has 1 heterocycles. The molecule has 1 N–H and O–H groups in total. The van der Waals surface area contributed by atoms with Crippen molar-refractivity contribution >= 4 is 12.3 Å². The molecule has 0 bridgehead atoms. The van der Waals surface area contributed by atoms with Gasteiger partial charge in [0.15, 0.2) is 0 Å². The number of carbonyl (C=O) groups excluding carboxylic acids is 2. The van der Waals surface area contributed by atoms with Crippen molar-refractivity contribution in [3.05, 3.63) is 11.9 Å². The molecule has 0 aliphatic rings. The summed E-state index contributed by atoms with van der Waals surface area (Å²) < 4.78 is 18.4. The van der Waals surface area contributed by atoms with E-state index < -0.39 is 18.7 Å². The van der Waals surface area contributed by atoms with Gasteiger partial charge < -0.3 is 14.8 Å². The van der Waals surface area contributed by atoms with Gasteiger partial charge >= 0.3 is 5.97 Å². The van der Waals surface area contributed by atoms with E-state index in [0.29, 0.717) is 12.0 Å². The third-order valence-electron chi connectivity index (χ3n) is 2.35. The number of hydrogen-bond donors (Lipinski definition) is 1. The van der Waals surface area contributed by atoms with E-state index in [-0.39, 0.29) is 26.1 Å². The topological polar surface area (TPSA) is 86.1 Å². The Morgan fingerprint density at radius 1 is 1.68 bits per heavy atom. The van der Waals surface area contributed by atoms with E-state index in [1.165, 1.54) is 4.68 Å². The highest BCUT2D eigenvalue weighted by Crippen LogP contribution is 2.14. The second kappa shape index (κ2) is 8.30. The van der Waals surface area contributed by atoms with Gasteiger partial charge in [-0.1, -0.05) is 5.21 Å². The summed E-state index contributed by atoms with van der Waals surface area (Å²) in [6, 6.07) is -0.474. The molecule has 0 aliphatic heterocycles. The molecule has 7 nitrogen and oxygen atoms in total. The summed E-state index contributed by atoms with van der Waals surface area (Å²) in [5.41, 5.74) is 0.475. The minimum absolute atomic E-state index is 0.0377. The lowest BCUT2D eigenvalue weighted by Crippen LogP contribution is -2.26. The molecule has 0 saturated carbocycles. The molecule has 0 spiro atoms. The van der Waals surface area contributed by atoms with E-state index >= 15 is 0 Å². The second-order valence-electron chi connectivity index (χ2n) is 3.73. The Bertz CT molecular complexity index is 410. The molecule has 19 heavy (non-hydrogen) atoms. The van der Waals surface area contributed by atoms with Crippen molar-refractivity contribution in [1.82, 2.24) is 20.3 Å². The summed E-state index contributed by atoms with van der Waals surface area (Å²) in [5, 5.41) is 10.4. The standard InChI is InChI=1S/C11H17FN4O3/c1-2-19-11(18)7-9(13-4-6-17)10-8-16(5-3-12)15-14-10/h6,8-9,13H,2-5,7H2,1H3. The van der Waals surface area contributed by atoms with Gasteiger partial charge in [-0.15, -0.1) is 5.10 Å². The van der Waals surface area contributed by atoms with Crippen molar-refractivity contribution < 1.29 is 18.7 Å². The van der Waals surface area contributed by atoms with E-state index in [2.05, 4.69) is 15.6 Å². The fraction of sp³-hybridized carbons (Fsp3) is 0.636. The number of halogens is 1. The van der Waals surface area contributed by atoms with Gasteiger partial charge in [0.25, 0.3) is 0 Å². The maximum Gasteiger partial charge on any atom is 0.307 e. The maximum absolute atomic E-state index is 12.2. The van der Waals surface area contributed by atoms with E-state index in [1.54, 1.807) is 13.1 Å². The average molecular weight is 272 g/mol. The molecule has 0 aliphatic carbocycles. The third kappa shape index (κ3) is 5.12. The van der Waals surface area contributed by atoms with Crippen molar-refractivity contribution in [2.24, 2.45) is 0 Å². The van der Waals surface area contributed by atoms with Crippen LogP contribution in [0.3, 0.4) is 0 Å². The Morgan fingerprint density at radius 2 is 2.47 bits per heavy atom. The highest BCUT2D eigenvalue weighted by atomic mass is 19.1. The lowest BCUT2D eigenvalue weighted by molar-refractivity contribution is -0.143. The maximum atomic E-state index is 12.2. The fourth-order valence-electron chi connectivity index (χ4n) is 1.53. The predicted molar refractivity (Wildman–Crippen MR) is 64.1 cm³/mol. The Balaban J connectivity index is 2.70. The first-order chi connectivity index (χ1) is 9.21. The number of aldehydes is 1. The van der Waals surface area contributed by atoms with Crippen LogP contribution in [-0.4, -0.2) is 47.1 Å². The first-order valence-corrected chi connectivity index (χ1v) is 5.99. The van der Waals surface area contributed by atoms with Gasteiger partial charge in [-0.2, -0.15) is 0 Å². The van der Waals surface area contributed by atoms with E-state index in [4.69, 9.17) is 4.74 Å². The number of aryl methyl sites for hydroxylation is 1. The quantitative estimate of drug-likeness (QED) is 0.504. The van der Waals surface area contributed by atoms with Crippen LogP contribution in [0.15, 0.2) is 6.20 Å². The molecular weight excluding hydrogens is 255 g/mol. The summed E-state index contributed by atoms with van der Waals surface area (Å²) >= 11 is 0.